The van der Waals surface area contributed by atoms with Gasteiger partial charge in [-0.1, -0.05) is 6.08 Å². The van der Waals surface area contributed by atoms with E-state index in [0.29, 0.717) is 12.3 Å². The SMILES string of the molecule is O=C1CCC2C=CC(O)=CC2N1. The van der Waals surface area contributed by atoms with Gasteiger partial charge in [0.1, 0.15) is 5.76 Å². The van der Waals surface area contributed by atoms with Gasteiger partial charge < -0.3 is 10.4 Å². The van der Waals surface area contributed by atoms with Crippen LogP contribution in [0.5, 0.6) is 0 Å². The standard InChI is InChI=1S/C9H11NO2/c11-7-3-1-6-2-4-9(12)10-8(6)5-7/h1,3,5-6,8,11H,2,4H2,(H,10,12). The third-order valence-electron chi connectivity index (χ3n) is 2.36. The van der Waals surface area contributed by atoms with Crippen LogP contribution in [0, 0.1) is 5.92 Å². The fourth-order valence-corrected chi connectivity index (χ4v) is 1.69. The average Bonchev–Trinajstić information content (AvgIpc) is 2.03. The van der Waals surface area contributed by atoms with Crippen molar-refractivity contribution in [2.24, 2.45) is 5.92 Å². The molecule has 0 bridgehead atoms. The highest BCUT2D eigenvalue weighted by Crippen LogP contribution is 2.23. The summed E-state index contributed by atoms with van der Waals surface area (Å²) in [6, 6.07) is 0.0104. The Labute approximate surface area is 70.8 Å². The fourth-order valence-electron chi connectivity index (χ4n) is 1.69. The van der Waals surface area contributed by atoms with Crippen LogP contribution >= 0.6 is 0 Å². The molecule has 2 rings (SSSR count). The molecule has 2 aliphatic rings. The third kappa shape index (κ3) is 1.22. The number of aliphatic hydroxyl groups is 1. The number of carbonyl (C=O) groups excluding carboxylic acids is 1. The Hall–Kier alpha value is -1.25. The Morgan fingerprint density at radius 1 is 1.58 bits per heavy atom. The lowest BCUT2D eigenvalue weighted by atomic mass is 9.87. The highest BCUT2D eigenvalue weighted by Gasteiger charge is 2.27. The molecular formula is C9H11NO2. The van der Waals surface area contributed by atoms with Gasteiger partial charge in [-0.05, 0) is 18.6 Å². The molecule has 0 radical (unpaired) electrons. The molecule has 0 aromatic carbocycles. The Kier molecular flexibility index (Phi) is 1.64. The van der Waals surface area contributed by atoms with Crippen molar-refractivity contribution in [2.75, 3.05) is 0 Å². The quantitative estimate of drug-likeness (QED) is 0.560. The second kappa shape index (κ2) is 2.66. The van der Waals surface area contributed by atoms with Gasteiger partial charge in [-0.2, -0.15) is 0 Å². The van der Waals surface area contributed by atoms with Crippen molar-refractivity contribution in [3.05, 3.63) is 24.0 Å². The fraction of sp³-hybridized carbons (Fsp3) is 0.444. The van der Waals surface area contributed by atoms with Gasteiger partial charge in [-0.15, -0.1) is 0 Å². The van der Waals surface area contributed by atoms with Crippen LogP contribution in [0.25, 0.3) is 0 Å². The van der Waals surface area contributed by atoms with Crippen molar-refractivity contribution in [2.45, 2.75) is 18.9 Å². The smallest absolute Gasteiger partial charge is 0.220 e. The topological polar surface area (TPSA) is 49.3 Å². The zero-order chi connectivity index (χ0) is 8.55. The number of piperidine rings is 1. The minimum absolute atomic E-state index is 0.0104. The lowest BCUT2D eigenvalue weighted by Crippen LogP contribution is -2.43. The molecule has 0 aromatic rings. The third-order valence-corrected chi connectivity index (χ3v) is 2.36. The Morgan fingerprint density at radius 2 is 2.42 bits per heavy atom. The van der Waals surface area contributed by atoms with Crippen molar-refractivity contribution < 1.29 is 9.90 Å². The highest BCUT2D eigenvalue weighted by molar-refractivity contribution is 5.77. The molecule has 1 saturated heterocycles. The monoisotopic (exact) mass is 165 g/mol. The zero-order valence-electron chi connectivity index (χ0n) is 6.66. The number of aliphatic hydroxyl groups excluding tert-OH is 1. The summed E-state index contributed by atoms with van der Waals surface area (Å²) < 4.78 is 0. The number of amides is 1. The van der Waals surface area contributed by atoms with E-state index in [0.717, 1.165) is 6.42 Å². The molecule has 1 aliphatic carbocycles. The van der Waals surface area contributed by atoms with Crippen LogP contribution in [-0.4, -0.2) is 17.1 Å². The summed E-state index contributed by atoms with van der Waals surface area (Å²) in [5.41, 5.74) is 0. The van der Waals surface area contributed by atoms with Gasteiger partial charge in [0.05, 0.1) is 6.04 Å². The number of allylic oxidation sites excluding steroid dienone is 1. The maximum Gasteiger partial charge on any atom is 0.220 e. The Bertz CT molecular complexity index is 268. The maximum absolute atomic E-state index is 11.0. The van der Waals surface area contributed by atoms with E-state index < -0.39 is 0 Å². The molecule has 2 N–H and O–H groups in total. The van der Waals surface area contributed by atoms with Crippen molar-refractivity contribution in [1.82, 2.24) is 5.32 Å². The summed E-state index contributed by atoms with van der Waals surface area (Å²) in [7, 11) is 0. The molecule has 0 aromatic heterocycles. The minimum Gasteiger partial charge on any atom is -0.508 e. The van der Waals surface area contributed by atoms with Crippen LogP contribution in [0.3, 0.4) is 0 Å². The highest BCUT2D eigenvalue weighted by atomic mass is 16.3. The van der Waals surface area contributed by atoms with Gasteiger partial charge >= 0.3 is 0 Å². The van der Waals surface area contributed by atoms with E-state index in [9.17, 15) is 4.79 Å². The Morgan fingerprint density at radius 3 is 3.25 bits per heavy atom. The van der Waals surface area contributed by atoms with Gasteiger partial charge in [-0.3, -0.25) is 4.79 Å². The lowest BCUT2D eigenvalue weighted by Gasteiger charge is -2.29. The van der Waals surface area contributed by atoms with E-state index in [4.69, 9.17) is 5.11 Å². The second-order valence-corrected chi connectivity index (χ2v) is 3.25. The molecule has 2 unspecified atom stereocenters. The van der Waals surface area contributed by atoms with Crippen molar-refractivity contribution in [1.29, 1.82) is 0 Å². The van der Waals surface area contributed by atoms with Gasteiger partial charge in [0.15, 0.2) is 0 Å². The molecule has 1 fully saturated rings. The Balaban J connectivity index is 2.16. The van der Waals surface area contributed by atoms with E-state index in [1.807, 2.05) is 6.08 Å². The molecule has 1 aliphatic heterocycles. The minimum atomic E-state index is 0.0104. The van der Waals surface area contributed by atoms with Gasteiger partial charge in [0.2, 0.25) is 5.91 Å². The van der Waals surface area contributed by atoms with E-state index >= 15 is 0 Å². The van der Waals surface area contributed by atoms with Gasteiger partial charge in [-0.25, -0.2) is 0 Å². The van der Waals surface area contributed by atoms with E-state index in [2.05, 4.69) is 5.32 Å². The van der Waals surface area contributed by atoms with Crippen molar-refractivity contribution >= 4 is 5.91 Å². The molecule has 0 spiro atoms. The molecule has 1 heterocycles. The average molecular weight is 165 g/mol. The van der Waals surface area contributed by atoms with Gasteiger partial charge in [0, 0.05) is 12.3 Å². The predicted molar refractivity (Wildman–Crippen MR) is 44.5 cm³/mol. The summed E-state index contributed by atoms with van der Waals surface area (Å²) in [4.78, 5) is 11.0. The predicted octanol–water partition coefficient (Wildman–Crippen LogP) is 0.893. The first kappa shape index (κ1) is 7.40. The first-order valence-corrected chi connectivity index (χ1v) is 4.14. The number of nitrogens with one attached hydrogen (secondary N) is 1. The van der Waals surface area contributed by atoms with Crippen LogP contribution in [-0.2, 0) is 4.79 Å². The van der Waals surface area contributed by atoms with Crippen LogP contribution in [0.1, 0.15) is 12.8 Å². The van der Waals surface area contributed by atoms with Crippen LogP contribution in [0.15, 0.2) is 24.0 Å². The first-order chi connectivity index (χ1) is 5.75. The summed E-state index contributed by atoms with van der Waals surface area (Å²) >= 11 is 0. The molecule has 1 amide bonds. The van der Waals surface area contributed by atoms with Crippen LogP contribution < -0.4 is 5.32 Å². The molecule has 64 valence electrons. The summed E-state index contributed by atoms with van der Waals surface area (Å²) in [5, 5.41) is 12.0. The summed E-state index contributed by atoms with van der Waals surface area (Å²) in [6.45, 7) is 0. The number of rotatable bonds is 0. The second-order valence-electron chi connectivity index (χ2n) is 3.25. The molecule has 2 atom stereocenters. The van der Waals surface area contributed by atoms with Crippen molar-refractivity contribution in [3.8, 4) is 0 Å². The molecule has 12 heavy (non-hydrogen) atoms. The summed E-state index contributed by atoms with van der Waals surface area (Å²) in [5.74, 6) is 0.702. The molecular weight excluding hydrogens is 154 g/mol. The summed E-state index contributed by atoms with van der Waals surface area (Å²) in [6.07, 6.45) is 6.83. The van der Waals surface area contributed by atoms with E-state index in [1.165, 1.54) is 0 Å². The number of hydrogen-bond acceptors (Lipinski definition) is 2. The van der Waals surface area contributed by atoms with Gasteiger partial charge in [0.25, 0.3) is 0 Å². The van der Waals surface area contributed by atoms with E-state index in [-0.39, 0.29) is 17.7 Å². The van der Waals surface area contributed by atoms with Crippen molar-refractivity contribution in [3.63, 3.8) is 0 Å². The number of carbonyl (C=O) groups is 1. The largest absolute Gasteiger partial charge is 0.508 e. The first-order valence-electron chi connectivity index (χ1n) is 4.14. The number of hydrogen-bond donors (Lipinski definition) is 2. The zero-order valence-corrected chi connectivity index (χ0v) is 6.66. The van der Waals surface area contributed by atoms with E-state index in [1.54, 1.807) is 12.2 Å². The lowest BCUT2D eigenvalue weighted by molar-refractivity contribution is -0.123. The molecule has 3 heteroatoms. The van der Waals surface area contributed by atoms with Crippen LogP contribution in [0.2, 0.25) is 0 Å². The normalized spacial score (nSPS) is 33.7. The molecule has 3 nitrogen and oxygen atoms in total. The number of fused-ring (bicyclic) bond motifs is 1. The molecule has 0 saturated carbocycles. The van der Waals surface area contributed by atoms with Crippen LogP contribution in [0.4, 0.5) is 0 Å². The maximum atomic E-state index is 11.0.